The number of hydrogen-bond acceptors (Lipinski definition) is 10. The molecule has 10 nitrogen and oxygen atoms in total. The Hall–Kier alpha value is -2.79. The van der Waals surface area contributed by atoms with Gasteiger partial charge in [-0.25, -0.2) is 4.98 Å². The first-order valence-corrected chi connectivity index (χ1v) is 10.3. The number of aromatic nitrogens is 3. The first kappa shape index (κ1) is 24.5. The third-order valence-corrected chi connectivity index (χ3v) is 5.14. The molecule has 0 aliphatic rings. The highest BCUT2D eigenvalue weighted by Crippen LogP contribution is 2.31. The molecule has 170 valence electrons. The maximum absolute atomic E-state index is 11.4. The van der Waals surface area contributed by atoms with E-state index in [1.54, 1.807) is 19.4 Å². The number of nitrogens with one attached hydrogen (secondary N) is 2. The average Bonchev–Trinajstić information content (AvgIpc) is 2.76. The topological polar surface area (TPSA) is 128 Å². The molecule has 2 aromatic heterocycles. The van der Waals surface area contributed by atoms with E-state index in [2.05, 4.69) is 38.2 Å². The highest BCUT2D eigenvalue weighted by Gasteiger charge is 2.20. The van der Waals surface area contributed by atoms with Crippen molar-refractivity contribution in [3.8, 4) is 17.2 Å². The van der Waals surface area contributed by atoms with Crippen LogP contribution in [0.5, 0.6) is 17.2 Å². The van der Waals surface area contributed by atoms with Crippen LogP contribution in [0.4, 0.5) is 11.8 Å². The number of carbonyl (C=O) groups is 1. The number of pyridine rings is 1. The average molecular weight is 452 g/mol. The number of hydrogen-bond donors (Lipinski definition) is 4. The van der Waals surface area contributed by atoms with Crippen LogP contribution < -0.4 is 24.8 Å². The molecule has 1 amide bonds. The lowest BCUT2D eigenvalue weighted by Crippen LogP contribution is -2.31. The van der Waals surface area contributed by atoms with Crippen LogP contribution in [0, 0.1) is 0 Å². The van der Waals surface area contributed by atoms with Gasteiger partial charge in [-0.1, -0.05) is 6.92 Å². The number of aliphatic hydroxyl groups is 1. The minimum Gasteiger partial charge on any atom is -0.493 e. The molecule has 2 heterocycles. The Kier molecular flexibility index (Phi) is 9.60. The third-order valence-electron chi connectivity index (χ3n) is 4.42. The molecule has 0 aromatic carbocycles. The fourth-order valence-corrected chi connectivity index (χ4v) is 3.08. The van der Waals surface area contributed by atoms with Crippen molar-refractivity contribution in [3.63, 3.8) is 0 Å². The molecule has 0 saturated carbocycles. The van der Waals surface area contributed by atoms with Gasteiger partial charge in [-0.15, -0.1) is 0 Å². The van der Waals surface area contributed by atoms with Crippen molar-refractivity contribution in [1.29, 1.82) is 0 Å². The highest BCUT2D eigenvalue weighted by molar-refractivity contribution is 7.81. The van der Waals surface area contributed by atoms with Gasteiger partial charge >= 0.3 is 0 Å². The first-order valence-electron chi connectivity index (χ1n) is 9.82. The summed E-state index contributed by atoms with van der Waals surface area (Å²) in [6.07, 6.45) is 4.31. The number of methoxy groups -OCH3 is 2. The van der Waals surface area contributed by atoms with Gasteiger partial charge in [0, 0.05) is 37.1 Å². The van der Waals surface area contributed by atoms with Gasteiger partial charge in [-0.05, 0) is 12.8 Å². The molecule has 0 aliphatic carbocycles. The van der Waals surface area contributed by atoms with Crippen molar-refractivity contribution in [3.05, 3.63) is 24.2 Å². The van der Waals surface area contributed by atoms with E-state index in [4.69, 9.17) is 14.2 Å². The molecule has 1 unspecified atom stereocenters. The largest absolute Gasteiger partial charge is 0.493 e. The predicted octanol–water partition coefficient (Wildman–Crippen LogP) is 2.30. The van der Waals surface area contributed by atoms with Gasteiger partial charge in [-0.2, -0.15) is 17.6 Å². The van der Waals surface area contributed by atoms with Crippen LogP contribution in [0.15, 0.2) is 18.5 Å². The summed E-state index contributed by atoms with van der Waals surface area (Å²) < 4.78 is 16.6. The molecule has 0 spiro atoms. The van der Waals surface area contributed by atoms with Crippen molar-refractivity contribution < 1.29 is 24.1 Å². The summed E-state index contributed by atoms with van der Waals surface area (Å²) in [5.74, 6) is 1.56. The number of anilines is 2. The number of rotatable bonds is 12. The molecule has 0 radical (unpaired) electrons. The molecule has 3 N–H and O–H groups in total. The molecule has 0 aliphatic heterocycles. The van der Waals surface area contributed by atoms with Crippen LogP contribution in [0.1, 0.15) is 32.4 Å². The molecule has 2 rings (SSSR count). The first-order chi connectivity index (χ1) is 14.9. The maximum atomic E-state index is 11.4. The van der Waals surface area contributed by atoms with Crippen LogP contribution in [0.3, 0.4) is 0 Å². The molecule has 2 atom stereocenters. The van der Waals surface area contributed by atoms with Crippen molar-refractivity contribution in [2.24, 2.45) is 0 Å². The smallest absolute Gasteiger partial charge is 0.231 e. The molecular formula is C20H29N5O5S. The van der Waals surface area contributed by atoms with Crippen LogP contribution in [0.2, 0.25) is 0 Å². The van der Waals surface area contributed by atoms with Gasteiger partial charge in [0.2, 0.25) is 11.9 Å². The molecule has 2 aromatic rings. The van der Waals surface area contributed by atoms with Crippen molar-refractivity contribution in [1.82, 2.24) is 15.0 Å². The van der Waals surface area contributed by atoms with E-state index in [-0.39, 0.29) is 36.4 Å². The Morgan fingerprint density at radius 2 is 2.03 bits per heavy atom. The monoisotopic (exact) mass is 451 g/mol. The van der Waals surface area contributed by atoms with Crippen LogP contribution in [-0.2, 0) is 11.4 Å². The van der Waals surface area contributed by atoms with Gasteiger partial charge in [0.15, 0.2) is 23.1 Å². The van der Waals surface area contributed by atoms with E-state index < -0.39 is 0 Å². The number of thiol groups is 1. The number of ether oxygens (including phenoxy) is 3. The lowest BCUT2D eigenvalue weighted by molar-refractivity contribution is -0.114. The zero-order chi connectivity index (χ0) is 22.8. The third kappa shape index (κ3) is 6.86. The zero-order valence-corrected chi connectivity index (χ0v) is 19.0. The normalized spacial score (nSPS) is 12.6. The van der Waals surface area contributed by atoms with Crippen molar-refractivity contribution in [2.75, 3.05) is 31.5 Å². The predicted molar refractivity (Wildman–Crippen MR) is 120 cm³/mol. The van der Waals surface area contributed by atoms with Crippen LogP contribution in [-0.4, -0.2) is 58.1 Å². The number of carbonyl (C=O) groups excluding carboxylic acids is 1. The van der Waals surface area contributed by atoms with Gasteiger partial charge in [0.05, 0.1) is 20.4 Å². The van der Waals surface area contributed by atoms with E-state index in [9.17, 15) is 9.90 Å². The van der Waals surface area contributed by atoms with Crippen molar-refractivity contribution in [2.45, 2.75) is 44.6 Å². The zero-order valence-electron chi connectivity index (χ0n) is 18.1. The molecular weight excluding hydrogens is 422 g/mol. The van der Waals surface area contributed by atoms with Crippen molar-refractivity contribution >= 4 is 30.3 Å². The van der Waals surface area contributed by atoms with E-state index in [1.165, 1.54) is 20.2 Å². The minimum atomic E-state index is -0.294. The fraction of sp³-hybridized carbons (Fsp3) is 0.500. The molecule has 31 heavy (non-hydrogen) atoms. The van der Waals surface area contributed by atoms with Gasteiger partial charge in [0.1, 0.15) is 12.3 Å². The van der Waals surface area contributed by atoms with Gasteiger partial charge in [-0.3, -0.25) is 15.1 Å². The summed E-state index contributed by atoms with van der Waals surface area (Å²) in [4.78, 5) is 24.2. The second-order valence-corrected chi connectivity index (χ2v) is 7.27. The molecule has 0 fully saturated rings. The highest BCUT2D eigenvalue weighted by atomic mass is 32.1. The van der Waals surface area contributed by atoms with Crippen LogP contribution >= 0.6 is 12.6 Å². The van der Waals surface area contributed by atoms with Gasteiger partial charge < -0.3 is 24.6 Å². The molecule has 0 saturated heterocycles. The number of aliphatic hydroxyl groups excluding tert-OH is 1. The minimum absolute atomic E-state index is 0.0144. The Morgan fingerprint density at radius 3 is 2.65 bits per heavy atom. The SMILES string of the molecule is CC[C@H](S)C(CCO)Nc1nc(NC(C)=O)ncc1OCc1nccc(OC)c1OC. The number of nitrogens with zero attached hydrogens (tertiary/aromatic N) is 3. The van der Waals surface area contributed by atoms with Gasteiger partial charge in [0.25, 0.3) is 0 Å². The standard InChI is InChI=1S/C20H29N5O5S/c1-5-17(31)13(7-9-26)24-19-16(10-22-20(25-19)23-12(2)27)30-11-14-18(29-4)15(28-3)6-8-21-14/h6,8,10,13,17,26,31H,5,7,9,11H2,1-4H3,(H2,22,23,24,25,27)/t13?,17-/m0/s1. The summed E-state index contributed by atoms with van der Waals surface area (Å²) in [7, 11) is 3.07. The summed E-state index contributed by atoms with van der Waals surface area (Å²) in [6.45, 7) is 3.43. The summed E-state index contributed by atoms with van der Waals surface area (Å²) in [5.41, 5.74) is 0.534. The lowest BCUT2D eigenvalue weighted by atomic mass is 10.1. The summed E-state index contributed by atoms with van der Waals surface area (Å²) >= 11 is 4.59. The maximum Gasteiger partial charge on any atom is 0.231 e. The van der Waals surface area contributed by atoms with Crippen LogP contribution in [0.25, 0.3) is 0 Å². The number of amides is 1. The Balaban J connectivity index is 2.32. The fourth-order valence-electron chi connectivity index (χ4n) is 2.86. The van der Waals surface area contributed by atoms with E-state index in [0.29, 0.717) is 35.2 Å². The Bertz CT molecular complexity index is 870. The van der Waals surface area contributed by atoms with E-state index >= 15 is 0 Å². The Morgan fingerprint density at radius 1 is 1.26 bits per heavy atom. The summed E-state index contributed by atoms with van der Waals surface area (Å²) in [5, 5.41) is 15.2. The quantitative estimate of drug-likeness (QED) is 0.359. The molecule has 0 bridgehead atoms. The molecule has 11 heteroatoms. The Labute approximate surface area is 187 Å². The lowest BCUT2D eigenvalue weighted by Gasteiger charge is -2.24. The summed E-state index contributed by atoms with van der Waals surface area (Å²) in [6, 6.07) is 1.52. The second kappa shape index (κ2) is 12.2. The van der Waals surface area contributed by atoms with E-state index in [1.807, 2.05) is 6.92 Å². The van der Waals surface area contributed by atoms with E-state index in [0.717, 1.165) is 6.42 Å². The second-order valence-electron chi connectivity index (χ2n) is 6.61.